The Morgan fingerprint density at radius 3 is 2.86 bits per heavy atom. The molecular formula is C16H28N2O2S. The van der Waals surface area contributed by atoms with E-state index in [1.807, 2.05) is 6.92 Å². The van der Waals surface area contributed by atoms with Gasteiger partial charge in [-0.1, -0.05) is 6.92 Å². The van der Waals surface area contributed by atoms with Crippen LogP contribution < -0.4 is 5.32 Å². The van der Waals surface area contributed by atoms with Gasteiger partial charge in [0.1, 0.15) is 0 Å². The Hall–Kier alpha value is -0.490. The fourth-order valence-electron chi connectivity index (χ4n) is 2.71. The Morgan fingerprint density at radius 2 is 2.19 bits per heavy atom. The van der Waals surface area contributed by atoms with Crippen LogP contribution in [-0.4, -0.2) is 42.0 Å². The Balaban J connectivity index is 1.50. The van der Waals surface area contributed by atoms with Crippen molar-refractivity contribution in [1.82, 2.24) is 10.3 Å². The summed E-state index contributed by atoms with van der Waals surface area (Å²) < 4.78 is 5.81. The van der Waals surface area contributed by atoms with Gasteiger partial charge in [-0.3, -0.25) is 0 Å². The number of nitrogens with zero attached hydrogens (tertiary/aromatic N) is 1. The van der Waals surface area contributed by atoms with Crippen LogP contribution in [0.3, 0.4) is 0 Å². The van der Waals surface area contributed by atoms with Crippen molar-refractivity contribution in [3.63, 3.8) is 0 Å². The highest BCUT2D eigenvalue weighted by atomic mass is 32.1. The largest absolute Gasteiger partial charge is 0.389 e. The standard InChI is InChI=1S/C16H28N2O2S/c1-12-3-5-16(6-4-12)20-10-15(19)9-17-8-7-14-11-21-13(2)18-14/h11-12,15-17,19H,3-10H2,1-2H3. The molecule has 1 aliphatic carbocycles. The minimum atomic E-state index is -0.415. The van der Waals surface area contributed by atoms with E-state index in [0.29, 0.717) is 19.3 Å². The van der Waals surface area contributed by atoms with Gasteiger partial charge in [0.05, 0.1) is 29.5 Å². The van der Waals surface area contributed by atoms with Crippen molar-refractivity contribution in [2.45, 2.75) is 58.2 Å². The summed E-state index contributed by atoms with van der Waals surface area (Å²) in [5.41, 5.74) is 1.13. The molecular weight excluding hydrogens is 284 g/mol. The lowest BCUT2D eigenvalue weighted by molar-refractivity contribution is -0.0277. The maximum absolute atomic E-state index is 9.93. The van der Waals surface area contributed by atoms with Gasteiger partial charge < -0.3 is 15.2 Å². The van der Waals surface area contributed by atoms with Gasteiger partial charge in [0.25, 0.3) is 0 Å². The molecule has 5 heteroatoms. The average molecular weight is 312 g/mol. The molecule has 1 aromatic heterocycles. The van der Waals surface area contributed by atoms with Gasteiger partial charge in [0.2, 0.25) is 0 Å². The maximum Gasteiger partial charge on any atom is 0.0897 e. The van der Waals surface area contributed by atoms with Gasteiger partial charge in [0.15, 0.2) is 0 Å². The summed E-state index contributed by atoms with van der Waals surface area (Å²) in [6.45, 7) is 6.21. The predicted molar refractivity (Wildman–Crippen MR) is 86.8 cm³/mol. The highest BCUT2D eigenvalue weighted by Gasteiger charge is 2.19. The van der Waals surface area contributed by atoms with E-state index in [0.717, 1.165) is 42.4 Å². The molecule has 1 fully saturated rings. The third kappa shape index (κ3) is 6.43. The van der Waals surface area contributed by atoms with E-state index in [9.17, 15) is 5.11 Å². The van der Waals surface area contributed by atoms with E-state index in [2.05, 4.69) is 22.6 Å². The molecule has 0 bridgehead atoms. The predicted octanol–water partition coefficient (Wildman–Crippen LogP) is 2.54. The third-order valence-electron chi connectivity index (χ3n) is 4.09. The lowest BCUT2D eigenvalue weighted by Crippen LogP contribution is -2.33. The maximum atomic E-state index is 9.93. The molecule has 0 spiro atoms. The lowest BCUT2D eigenvalue weighted by Gasteiger charge is -2.27. The fraction of sp³-hybridized carbons (Fsp3) is 0.812. The van der Waals surface area contributed by atoms with Crippen LogP contribution in [0, 0.1) is 12.8 Å². The Labute approximate surface area is 131 Å². The quantitative estimate of drug-likeness (QED) is 0.724. The Morgan fingerprint density at radius 1 is 1.43 bits per heavy atom. The minimum absolute atomic E-state index is 0.355. The zero-order valence-corrected chi connectivity index (χ0v) is 14.0. The van der Waals surface area contributed by atoms with Crippen molar-refractivity contribution in [2.75, 3.05) is 19.7 Å². The first-order chi connectivity index (χ1) is 10.1. The molecule has 120 valence electrons. The Bertz CT molecular complexity index is 403. The molecule has 1 atom stereocenters. The number of ether oxygens (including phenoxy) is 1. The number of rotatable bonds is 8. The summed E-state index contributed by atoms with van der Waals surface area (Å²) >= 11 is 1.68. The second-order valence-corrected chi connectivity index (χ2v) is 7.24. The summed E-state index contributed by atoms with van der Waals surface area (Å²) in [5.74, 6) is 0.839. The molecule has 1 aliphatic rings. The van der Waals surface area contributed by atoms with Gasteiger partial charge in [-0.15, -0.1) is 11.3 Å². The first-order valence-electron chi connectivity index (χ1n) is 8.05. The zero-order valence-electron chi connectivity index (χ0n) is 13.2. The van der Waals surface area contributed by atoms with Crippen molar-refractivity contribution < 1.29 is 9.84 Å². The van der Waals surface area contributed by atoms with E-state index in [-0.39, 0.29) is 0 Å². The van der Waals surface area contributed by atoms with Crippen molar-refractivity contribution in [1.29, 1.82) is 0 Å². The number of hydrogen-bond acceptors (Lipinski definition) is 5. The second kappa shape index (κ2) is 8.83. The number of hydrogen-bond donors (Lipinski definition) is 2. The monoisotopic (exact) mass is 312 g/mol. The molecule has 2 rings (SSSR count). The van der Waals surface area contributed by atoms with Crippen LogP contribution in [0.2, 0.25) is 0 Å². The van der Waals surface area contributed by atoms with Gasteiger partial charge in [0, 0.05) is 24.9 Å². The van der Waals surface area contributed by atoms with Crippen molar-refractivity contribution in [3.05, 3.63) is 16.1 Å². The number of aliphatic hydroxyl groups excluding tert-OH is 1. The smallest absolute Gasteiger partial charge is 0.0897 e. The molecule has 4 nitrogen and oxygen atoms in total. The van der Waals surface area contributed by atoms with Crippen molar-refractivity contribution >= 4 is 11.3 Å². The molecule has 0 amide bonds. The van der Waals surface area contributed by atoms with Crippen molar-refractivity contribution in [3.8, 4) is 0 Å². The molecule has 0 aromatic carbocycles. The number of thiazole rings is 1. The van der Waals surface area contributed by atoms with E-state index < -0.39 is 6.10 Å². The highest BCUT2D eigenvalue weighted by molar-refractivity contribution is 7.09. The summed E-state index contributed by atoms with van der Waals surface area (Å²) in [5, 5.41) is 16.4. The van der Waals surface area contributed by atoms with Crippen LogP contribution >= 0.6 is 11.3 Å². The SMILES string of the molecule is Cc1nc(CCNCC(O)COC2CCC(C)CC2)cs1. The molecule has 2 N–H and O–H groups in total. The third-order valence-corrected chi connectivity index (χ3v) is 4.91. The molecule has 1 heterocycles. The molecule has 1 aromatic rings. The van der Waals surface area contributed by atoms with Crippen LogP contribution in [0.1, 0.15) is 43.3 Å². The number of nitrogens with one attached hydrogen (secondary N) is 1. The highest BCUT2D eigenvalue weighted by Crippen LogP contribution is 2.25. The average Bonchev–Trinajstić information content (AvgIpc) is 2.89. The van der Waals surface area contributed by atoms with Crippen molar-refractivity contribution in [2.24, 2.45) is 5.92 Å². The zero-order chi connectivity index (χ0) is 15.1. The normalized spacial score (nSPS) is 24.1. The fourth-order valence-corrected chi connectivity index (χ4v) is 3.36. The number of aryl methyl sites for hydroxylation is 1. The topological polar surface area (TPSA) is 54.4 Å². The summed E-state index contributed by atoms with van der Waals surface area (Å²) in [4.78, 5) is 4.42. The molecule has 0 radical (unpaired) electrons. The minimum Gasteiger partial charge on any atom is -0.389 e. The summed E-state index contributed by atoms with van der Waals surface area (Å²) in [6.07, 6.45) is 5.65. The van der Waals surface area contributed by atoms with Crippen LogP contribution in [0.15, 0.2) is 5.38 Å². The first-order valence-corrected chi connectivity index (χ1v) is 8.93. The number of aliphatic hydroxyl groups is 1. The second-order valence-electron chi connectivity index (χ2n) is 6.18. The number of aromatic nitrogens is 1. The van der Waals surface area contributed by atoms with Crippen LogP contribution in [0.25, 0.3) is 0 Å². The van der Waals surface area contributed by atoms with E-state index in [1.54, 1.807) is 11.3 Å². The van der Waals surface area contributed by atoms with Gasteiger partial charge >= 0.3 is 0 Å². The van der Waals surface area contributed by atoms with E-state index in [4.69, 9.17) is 4.74 Å². The van der Waals surface area contributed by atoms with Crippen LogP contribution in [0.4, 0.5) is 0 Å². The van der Waals surface area contributed by atoms with Gasteiger partial charge in [-0.05, 0) is 38.5 Å². The summed E-state index contributed by atoms with van der Waals surface area (Å²) in [7, 11) is 0. The van der Waals surface area contributed by atoms with E-state index in [1.165, 1.54) is 12.8 Å². The van der Waals surface area contributed by atoms with Crippen LogP contribution in [-0.2, 0) is 11.2 Å². The Kier molecular flexibility index (Phi) is 7.10. The first kappa shape index (κ1) is 16.9. The molecule has 1 saturated carbocycles. The van der Waals surface area contributed by atoms with E-state index >= 15 is 0 Å². The molecule has 0 aliphatic heterocycles. The summed E-state index contributed by atoms with van der Waals surface area (Å²) in [6, 6.07) is 0. The molecule has 1 unspecified atom stereocenters. The van der Waals surface area contributed by atoms with Gasteiger partial charge in [-0.25, -0.2) is 4.98 Å². The van der Waals surface area contributed by atoms with Crippen LogP contribution in [0.5, 0.6) is 0 Å². The van der Waals surface area contributed by atoms with Gasteiger partial charge in [-0.2, -0.15) is 0 Å². The molecule has 0 saturated heterocycles. The lowest BCUT2D eigenvalue weighted by atomic mass is 9.89. The molecule has 21 heavy (non-hydrogen) atoms.